The third-order valence-corrected chi connectivity index (χ3v) is 6.29. The summed E-state index contributed by atoms with van der Waals surface area (Å²) in [4.78, 5) is 26.3. The molecule has 8 nitrogen and oxygen atoms in total. The number of hydrogen-bond donors (Lipinski definition) is 1. The fraction of sp³-hybridized carbons (Fsp3) is 0.636. The molecule has 0 saturated carbocycles. The van der Waals surface area contributed by atoms with Crippen LogP contribution < -0.4 is 0 Å². The van der Waals surface area contributed by atoms with E-state index in [4.69, 9.17) is 9.72 Å². The monoisotopic (exact) mass is 412 g/mol. The minimum Gasteiger partial charge on any atom is -0.379 e. The van der Waals surface area contributed by atoms with Gasteiger partial charge in [-0.05, 0) is 32.3 Å². The minimum absolute atomic E-state index is 0.0776. The first-order valence-electron chi connectivity index (χ1n) is 11.1. The number of rotatable bonds is 6. The van der Waals surface area contributed by atoms with Gasteiger partial charge in [0.1, 0.15) is 5.82 Å². The molecule has 2 fully saturated rings. The number of aromatic nitrogens is 4. The van der Waals surface area contributed by atoms with Crippen LogP contribution in [0.4, 0.5) is 0 Å². The smallest absolute Gasteiger partial charge is 0.239 e. The number of morpholine rings is 1. The molecule has 0 bridgehead atoms. The fourth-order valence-electron chi connectivity index (χ4n) is 4.48. The summed E-state index contributed by atoms with van der Waals surface area (Å²) < 4.78 is 5.41. The van der Waals surface area contributed by atoms with E-state index in [1.54, 1.807) is 0 Å². The van der Waals surface area contributed by atoms with Crippen LogP contribution >= 0.6 is 0 Å². The SMILES string of the molecule is CCCc1nccc(-c2cn[nH]c2C2CCN(C(=O)[C@H](C)N3CCOCC3)CC2)n1. The van der Waals surface area contributed by atoms with Crippen molar-refractivity contribution in [1.29, 1.82) is 0 Å². The van der Waals surface area contributed by atoms with Gasteiger partial charge >= 0.3 is 0 Å². The summed E-state index contributed by atoms with van der Waals surface area (Å²) >= 11 is 0. The lowest BCUT2D eigenvalue weighted by molar-refractivity contribution is -0.139. The summed E-state index contributed by atoms with van der Waals surface area (Å²) in [7, 11) is 0. The molecule has 0 spiro atoms. The van der Waals surface area contributed by atoms with Crippen molar-refractivity contribution in [3.8, 4) is 11.3 Å². The van der Waals surface area contributed by atoms with Crippen molar-refractivity contribution in [2.75, 3.05) is 39.4 Å². The van der Waals surface area contributed by atoms with E-state index in [1.165, 1.54) is 0 Å². The van der Waals surface area contributed by atoms with Gasteiger partial charge in [0.25, 0.3) is 0 Å². The Hall–Kier alpha value is -2.32. The second-order valence-electron chi connectivity index (χ2n) is 8.23. The molecule has 2 aromatic heterocycles. The number of H-pyrrole nitrogens is 1. The molecule has 2 saturated heterocycles. The number of carbonyl (C=O) groups excluding carboxylic acids is 1. The summed E-state index contributed by atoms with van der Waals surface area (Å²) in [5, 5.41) is 7.52. The maximum atomic E-state index is 13.0. The zero-order valence-electron chi connectivity index (χ0n) is 18.0. The molecular formula is C22H32N6O2. The topological polar surface area (TPSA) is 87.2 Å². The number of carbonyl (C=O) groups is 1. The number of aromatic amines is 1. The molecule has 0 aliphatic carbocycles. The number of hydrogen-bond acceptors (Lipinski definition) is 6. The van der Waals surface area contributed by atoms with Gasteiger partial charge in [0, 0.05) is 56.0 Å². The number of nitrogens with zero attached hydrogens (tertiary/aromatic N) is 5. The van der Waals surface area contributed by atoms with Crippen molar-refractivity contribution in [3.05, 3.63) is 30.0 Å². The number of aryl methyl sites for hydroxylation is 1. The molecule has 4 heterocycles. The number of amides is 1. The van der Waals surface area contributed by atoms with E-state index >= 15 is 0 Å². The molecule has 4 rings (SSSR count). The Morgan fingerprint density at radius 1 is 1.27 bits per heavy atom. The van der Waals surface area contributed by atoms with Gasteiger partial charge in [0.05, 0.1) is 31.1 Å². The van der Waals surface area contributed by atoms with Gasteiger partial charge in [-0.15, -0.1) is 0 Å². The van der Waals surface area contributed by atoms with Gasteiger partial charge in [-0.2, -0.15) is 5.10 Å². The molecular weight excluding hydrogens is 380 g/mol. The molecule has 1 N–H and O–H groups in total. The van der Waals surface area contributed by atoms with Crippen molar-refractivity contribution in [2.45, 2.75) is 51.5 Å². The van der Waals surface area contributed by atoms with E-state index in [2.05, 4.69) is 27.0 Å². The van der Waals surface area contributed by atoms with Gasteiger partial charge in [0.2, 0.25) is 5.91 Å². The number of piperidine rings is 1. The Morgan fingerprint density at radius 2 is 2.03 bits per heavy atom. The molecule has 2 aromatic rings. The van der Waals surface area contributed by atoms with Gasteiger partial charge in [-0.25, -0.2) is 9.97 Å². The van der Waals surface area contributed by atoms with Gasteiger partial charge in [-0.3, -0.25) is 14.8 Å². The van der Waals surface area contributed by atoms with Crippen molar-refractivity contribution in [3.63, 3.8) is 0 Å². The Kier molecular flexibility index (Phi) is 6.74. The summed E-state index contributed by atoms with van der Waals surface area (Å²) in [6.45, 7) is 8.81. The number of ether oxygens (including phenoxy) is 1. The third kappa shape index (κ3) is 4.54. The van der Waals surface area contributed by atoms with Crippen LogP contribution in [0.25, 0.3) is 11.3 Å². The van der Waals surface area contributed by atoms with Crippen LogP contribution in [-0.4, -0.2) is 81.3 Å². The lowest BCUT2D eigenvalue weighted by Gasteiger charge is -2.37. The standard InChI is InChI=1S/C22H32N6O2/c1-3-4-20-23-8-5-19(25-20)18-15-24-26-21(18)17-6-9-28(10-7-17)22(29)16(2)27-11-13-30-14-12-27/h5,8,15-17H,3-4,6-7,9-14H2,1-2H3,(H,24,26)/t16-/m0/s1. The average Bonchev–Trinajstić information content (AvgIpc) is 3.29. The normalized spacial score (nSPS) is 19.7. The largest absolute Gasteiger partial charge is 0.379 e. The first kappa shape index (κ1) is 20.9. The van der Waals surface area contributed by atoms with E-state index in [9.17, 15) is 4.79 Å². The lowest BCUT2D eigenvalue weighted by Crippen LogP contribution is -2.52. The Morgan fingerprint density at radius 3 is 2.77 bits per heavy atom. The molecule has 2 aliphatic rings. The van der Waals surface area contributed by atoms with Crippen molar-refractivity contribution in [2.24, 2.45) is 0 Å². The van der Waals surface area contributed by atoms with Crippen LogP contribution in [0.5, 0.6) is 0 Å². The van der Waals surface area contributed by atoms with Gasteiger partial charge < -0.3 is 9.64 Å². The van der Waals surface area contributed by atoms with Crippen molar-refractivity contribution < 1.29 is 9.53 Å². The molecule has 0 radical (unpaired) electrons. The Balaban J connectivity index is 1.40. The van der Waals surface area contributed by atoms with E-state index < -0.39 is 0 Å². The van der Waals surface area contributed by atoms with Crippen LogP contribution in [0.2, 0.25) is 0 Å². The Labute approximate surface area is 178 Å². The number of likely N-dealkylation sites (tertiary alicyclic amines) is 1. The molecule has 0 unspecified atom stereocenters. The maximum Gasteiger partial charge on any atom is 0.239 e. The van der Waals surface area contributed by atoms with Crippen LogP contribution in [0.15, 0.2) is 18.5 Å². The second kappa shape index (κ2) is 9.66. The molecule has 30 heavy (non-hydrogen) atoms. The van der Waals surface area contributed by atoms with E-state index in [0.29, 0.717) is 19.1 Å². The highest BCUT2D eigenvalue weighted by molar-refractivity contribution is 5.81. The minimum atomic E-state index is -0.0776. The molecule has 162 valence electrons. The first-order chi connectivity index (χ1) is 14.7. The summed E-state index contributed by atoms with van der Waals surface area (Å²) in [6.07, 6.45) is 7.47. The third-order valence-electron chi connectivity index (χ3n) is 6.29. The van der Waals surface area contributed by atoms with Crippen molar-refractivity contribution in [1.82, 2.24) is 30.0 Å². The molecule has 0 aromatic carbocycles. The molecule has 2 aliphatic heterocycles. The maximum absolute atomic E-state index is 13.0. The Bertz CT molecular complexity index is 840. The lowest BCUT2D eigenvalue weighted by atomic mass is 9.90. The molecule has 1 amide bonds. The van der Waals surface area contributed by atoms with Crippen LogP contribution in [0.3, 0.4) is 0 Å². The quantitative estimate of drug-likeness (QED) is 0.783. The summed E-state index contributed by atoms with van der Waals surface area (Å²) in [5.74, 6) is 1.47. The van der Waals surface area contributed by atoms with E-state index in [1.807, 2.05) is 30.3 Å². The predicted octanol–water partition coefficient (Wildman–Crippen LogP) is 2.25. The van der Waals surface area contributed by atoms with Crippen LogP contribution in [-0.2, 0) is 16.0 Å². The fourth-order valence-corrected chi connectivity index (χ4v) is 4.48. The molecule has 1 atom stereocenters. The second-order valence-corrected chi connectivity index (χ2v) is 8.23. The zero-order chi connectivity index (χ0) is 20.9. The summed E-state index contributed by atoms with van der Waals surface area (Å²) in [6, 6.07) is 1.88. The first-order valence-corrected chi connectivity index (χ1v) is 11.1. The van der Waals surface area contributed by atoms with Gasteiger partial charge in [-0.1, -0.05) is 6.92 Å². The van der Waals surface area contributed by atoms with Crippen LogP contribution in [0, 0.1) is 0 Å². The highest BCUT2D eigenvalue weighted by atomic mass is 16.5. The zero-order valence-corrected chi connectivity index (χ0v) is 18.0. The predicted molar refractivity (Wildman–Crippen MR) is 114 cm³/mol. The highest BCUT2D eigenvalue weighted by Crippen LogP contribution is 2.33. The average molecular weight is 413 g/mol. The van der Waals surface area contributed by atoms with Crippen LogP contribution in [0.1, 0.15) is 50.5 Å². The highest BCUT2D eigenvalue weighted by Gasteiger charge is 2.31. The summed E-state index contributed by atoms with van der Waals surface area (Å²) in [5.41, 5.74) is 3.11. The molecule has 8 heteroatoms. The number of nitrogens with one attached hydrogen (secondary N) is 1. The van der Waals surface area contributed by atoms with E-state index in [-0.39, 0.29) is 11.9 Å². The van der Waals surface area contributed by atoms with Gasteiger partial charge in [0.15, 0.2) is 0 Å². The van der Waals surface area contributed by atoms with E-state index in [0.717, 1.165) is 74.6 Å². The van der Waals surface area contributed by atoms with Crippen molar-refractivity contribution >= 4 is 5.91 Å².